The molecule has 124 valence electrons. The van der Waals surface area contributed by atoms with E-state index in [0.29, 0.717) is 24.6 Å². The first kappa shape index (κ1) is 15.7. The van der Waals surface area contributed by atoms with E-state index in [2.05, 4.69) is 15.4 Å². The summed E-state index contributed by atoms with van der Waals surface area (Å²) in [4.78, 5) is 28.2. The van der Waals surface area contributed by atoms with Crippen LogP contribution < -0.4 is 11.0 Å². The lowest BCUT2D eigenvalue weighted by Crippen LogP contribution is -2.33. The van der Waals surface area contributed by atoms with Crippen molar-refractivity contribution in [1.29, 1.82) is 0 Å². The molecule has 8 nitrogen and oxygen atoms in total. The Kier molecular flexibility index (Phi) is 4.55. The zero-order valence-corrected chi connectivity index (χ0v) is 13.3. The largest absolute Gasteiger partial charge is 0.353 e. The van der Waals surface area contributed by atoms with Crippen LogP contribution in [0.1, 0.15) is 0 Å². The lowest BCUT2D eigenvalue weighted by molar-refractivity contribution is -0.121. The van der Waals surface area contributed by atoms with E-state index in [4.69, 9.17) is 0 Å². The Morgan fingerprint density at radius 3 is 2.71 bits per heavy atom. The van der Waals surface area contributed by atoms with Gasteiger partial charge in [-0.3, -0.25) is 14.3 Å². The first-order valence-corrected chi connectivity index (χ1v) is 7.58. The Morgan fingerprint density at radius 2 is 2.00 bits per heavy atom. The summed E-state index contributed by atoms with van der Waals surface area (Å²) >= 11 is 0. The Labute approximate surface area is 138 Å². The van der Waals surface area contributed by atoms with Crippen LogP contribution in [0.4, 0.5) is 0 Å². The minimum Gasteiger partial charge on any atom is -0.353 e. The number of pyridine rings is 1. The van der Waals surface area contributed by atoms with Gasteiger partial charge in [-0.05, 0) is 24.3 Å². The van der Waals surface area contributed by atoms with Crippen molar-refractivity contribution < 1.29 is 4.79 Å². The molecular weight excluding hydrogens is 308 g/mol. The van der Waals surface area contributed by atoms with Gasteiger partial charge in [-0.1, -0.05) is 6.07 Å². The van der Waals surface area contributed by atoms with Gasteiger partial charge in [0.15, 0.2) is 5.82 Å². The van der Waals surface area contributed by atoms with E-state index in [-0.39, 0.29) is 18.1 Å². The van der Waals surface area contributed by atoms with Gasteiger partial charge in [0.25, 0.3) is 0 Å². The lowest BCUT2D eigenvalue weighted by Gasteiger charge is -2.05. The summed E-state index contributed by atoms with van der Waals surface area (Å²) < 4.78 is 4.56. The average molecular weight is 326 g/mol. The minimum absolute atomic E-state index is 0.111. The van der Waals surface area contributed by atoms with Crippen LogP contribution in [0.2, 0.25) is 0 Å². The van der Waals surface area contributed by atoms with E-state index in [1.165, 1.54) is 9.25 Å². The van der Waals surface area contributed by atoms with Gasteiger partial charge < -0.3 is 9.88 Å². The van der Waals surface area contributed by atoms with Crippen LogP contribution in [0.25, 0.3) is 11.5 Å². The van der Waals surface area contributed by atoms with Crippen molar-refractivity contribution >= 4 is 5.91 Å². The second-order valence-corrected chi connectivity index (χ2v) is 5.31. The third-order valence-corrected chi connectivity index (χ3v) is 3.57. The molecule has 0 fully saturated rings. The van der Waals surface area contributed by atoms with Gasteiger partial charge in [0, 0.05) is 32.2 Å². The van der Waals surface area contributed by atoms with E-state index in [9.17, 15) is 9.59 Å². The summed E-state index contributed by atoms with van der Waals surface area (Å²) in [6.07, 6.45) is 5.30. The highest BCUT2D eigenvalue weighted by Gasteiger charge is 2.12. The molecule has 1 N–H and O–H groups in total. The fraction of sp³-hybridized carbons (Fsp3) is 0.250. The van der Waals surface area contributed by atoms with Crippen molar-refractivity contribution in [3.8, 4) is 11.5 Å². The van der Waals surface area contributed by atoms with Gasteiger partial charge in [-0.2, -0.15) is 0 Å². The molecule has 0 spiro atoms. The highest BCUT2D eigenvalue weighted by Crippen LogP contribution is 2.10. The summed E-state index contributed by atoms with van der Waals surface area (Å²) in [7, 11) is 1.65. The SMILES string of the molecule is Cn1c(-c2ccccn2)nn(CCNC(=O)Cn2cccc2)c1=O. The van der Waals surface area contributed by atoms with Crippen molar-refractivity contribution in [1.82, 2.24) is 29.2 Å². The monoisotopic (exact) mass is 326 g/mol. The maximum atomic E-state index is 12.2. The summed E-state index contributed by atoms with van der Waals surface area (Å²) in [5.74, 6) is 0.388. The fourth-order valence-electron chi connectivity index (χ4n) is 2.35. The highest BCUT2D eigenvalue weighted by atomic mass is 16.2. The second kappa shape index (κ2) is 6.95. The smallest absolute Gasteiger partial charge is 0.346 e. The quantitative estimate of drug-likeness (QED) is 0.704. The molecule has 0 saturated carbocycles. The van der Waals surface area contributed by atoms with Crippen LogP contribution in [-0.2, 0) is 24.9 Å². The van der Waals surface area contributed by atoms with Crippen LogP contribution in [0.5, 0.6) is 0 Å². The molecule has 0 bridgehead atoms. The molecule has 0 saturated heterocycles. The second-order valence-electron chi connectivity index (χ2n) is 5.31. The van der Waals surface area contributed by atoms with E-state index < -0.39 is 0 Å². The van der Waals surface area contributed by atoms with Crippen molar-refractivity contribution in [2.45, 2.75) is 13.1 Å². The molecule has 3 rings (SSSR count). The Bertz CT molecular complexity index is 864. The normalized spacial score (nSPS) is 10.7. The van der Waals surface area contributed by atoms with E-state index >= 15 is 0 Å². The summed E-state index contributed by atoms with van der Waals surface area (Å²) in [6.45, 7) is 0.888. The maximum absolute atomic E-state index is 12.2. The minimum atomic E-state index is -0.240. The molecule has 0 radical (unpaired) electrons. The zero-order valence-electron chi connectivity index (χ0n) is 13.3. The average Bonchev–Trinajstić information content (AvgIpc) is 3.19. The Balaban J connectivity index is 1.62. The standard InChI is InChI=1S/C16H18N6O2/c1-20-15(13-6-2-3-7-17-13)19-22(16(20)24)11-8-18-14(23)12-21-9-4-5-10-21/h2-7,9-10H,8,11-12H2,1H3,(H,18,23). The number of hydrogen-bond acceptors (Lipinski definition) is 4. The first-order valence-electron chi connectivity index (χ1n) is 7.58. The first-order chi connectivity index (χ1) is 11.6. The fourth-order valence-corrected chi connectivity index (χ4v) is 2.35. The molecule has 3 heterocycles. The van der Waals surface area contributed by atoms with E-state index in [0.717, 1.165) is 0 Å². The number of nitrogens with zero attached hydrogens (tertiary/aromatic N) is 5. The molecule has 3 aromatic heterocycles. The zero-order chi connectivity index (χ0) is 16.9. The molecule has 0 aliphatic rings. The third kappa shape index (κ3) is 3.43. The number of hydrogen-bond donors (Lipinski definition) is 1. The molecule has 8 heteroatoms. The number of aromatic nitrogens is 5. The molecule has 0 aliphatic heterocycles. The molecule has 0 atom stereocenters. The topological polar surface area (TPSA) is 86.7 Å². The van der Waals surface area contributed by atoms with Crippen molar-refractivity contribution in [3.63, 3.8) is 0 Å². The van der Waals surface area contributed by atoms with Crippen LogP contribution in [0.3, 0.4) is 0 Å². The van der Waals surface area contributed by atoms with E-state index in [1.54, 1.807) is 29.9 Å². The number of nitrogens with one attached hydrogen (secondary N) is 1. The predicted molar refractivity (Wildman–Crippen MR) is 88.1 cm³/mol. The van der Waals surface area contributed by atoms with Crippen LogP contribution in [0, 0.1) is 0 Å². The van der Waals surface area contributed by atoms with Gasteiger partial charge in [0.05, 0.1) is 6.54 Å². The van der Waals surface area contributed by atoms with Gasteiger partial charge >= 0.3 is 5.69 Å². The number of rotatable bonds is 6. The number of carbonyl (C=O) groups is 1. The molecule has 1 amide bonds. The van der Waals surface area contributed by atoms with Gasteiger partial charge in [-0.15, -0.1) is 5.10 Å². The Morgan fingerprint density at radius 1 is 1.21 bits per heavy atom. The van der Waals surface area contributed by atoms with Crippen molar-refractivity contribution in [2.75, 3.05) is 6.54 Å². The number of carbonyl (C=O) groups excluding carboxylic acids is 1. The van der Waals surface area contributed by atoms with E-state index in [1.807, 2.05) is 30.6 Å². The molecule has 0 unspecified atom stereocenters. The summed E-state index contributed by atoms with van der Waals surface area (Å²) in [5.41, 5.74) is 0.391. The number of amides is 1. The molecule has 0 aromatic carbocycles. The third-order valence-electron chi connectivity index (χ3n) is 3.57. The molecular formula is C16H18N6O2. The van der Waals surface area contributed by atoms with Gasteiger partial charge in [0.1, 0.15) is 12.2 Å². The van der Waals surface area contributed by atoms with Crippen LogP contribution in [-0.4, -0.2) is 36.4 Å². The molecule has 3 aromatic rings. The van der Waals surface area contributed by atoms with Crippen molar-refractivity contribution in [3.05, 3.63) is 59.4 Å². The predicted octanol–water partition coefficient (Wildman–Crippen LogP) is 0.262. The van der Waals surface area contributed by atoms with Crippen LogP contribution in [0.15, 0.2) is 53.7 Å². The Hall–Kier alpha value is -3.16. The summed E-state index contributed by atoms with van der Waals surface area (Å²) in [6, 6.07) is 9.16. The van der Waals surface area contributed by atoms with Crippen molar-refractivity contribution in [2.24, 2.45) is 7.05 Å². The van der Waals surface area contributed by atoms with Gasteiger partial charge in [0.2, 0.25) is 5.91 Å². The molecule has 0 aliphatic carbocycles. The lowest BCUT2D eigenvalue weighted by atomic mass is 10.3. The van der Waals surface area contributed by atoms with Gasteiger partial charge in [-0.25, -0.2) is 9.48 Å². The molecule has 24 heavy (non-hydrogen) atoms. The van der Waals surface area contributed by atoms with Crippen LogP contribution >= 0.6 is 0 Å². The highest BCUT2D eigenvalue weighted by molar-refractivity contribution is 5.75. The maximum Gasteiger partial charge on any atom is 0.346 e. The summed E-state index contributed by atoms with van der Waals surface area (Å²) in [5, 5.41) is 7.08.